The van der Waals surface area contributed by atoms with Crippen LogP contribution in [0.15, 0.2) is 169 Å². The Morgan fingerprint density at radius 1 is 0.556 bits per heavy atom. The van der Waals surface area contributed by atoms with Gasteiger partial charge in [-0.2, -0.15) is 0 Å². The molecule has 0 N–H and O–H groups in total. The fourth-order valence-electron chi connectivity index (χ4n) is 5.40. The molecular weight excluding hydrogens is 571 g/mol. The Morgan fingerprint density at radius 3 is 1.69 bits per heavy atom. The van der Waals surface area contributed by atoms with Crippen LogP contribution in [0.2, 0.25) is 0 Å². The van der Waals surface area contributed by atoms with Gasteiger partial charge in [-0.15, -0.1) is 11.3 Å². The summed E-state index contributed by atoms with van der Waals surface area (Å²) in [4.78, 5) is 25.6. The van der Waals surface area contributed by atoms with Crippen molar-refractivity contribution < 1.29 is 9.53 Å². The van der Waals surface area contributed by atoms with Crippen LogP contribution in [0.3, 0.4) is 0 Å². The summed E-state index contributed by atoms with van der Waals surface area (Å²) in [7, 11) is 0. The first-order valence-corrected chi connectivity index (χ1v) is 15.8. The Hall–Kier alpha value is -5.26. The van der Waals surface area contributed by atoms with Crippen LogP contribution in [0, 0.1) is 0 Å². The summed E-state index contributed by atoms with van der Waals surface area (Å²) in [6, 6.07) is 54.3. The molecule has 0 amide bonds. The summed E-state index contributed by atoms with van der Waals surface area (Å²) in [5.41, 5.74) is 5.27. The van der Waals surface area contributed by atoms with Crippen molar-refractivity contribution in [1.29, 1.82) is 0 Å². The maximum Gasteiger partial charge on any atom is 0.338 e. The van der Waals surface area contributed by atoms with Gasteiger partial charge in [-0.05, 0) is 35.9 Å². The van der Waals surface area contributed by atoms with E-state index in [1.807, 2.05) is 72.8 Å². The van der Waals surface area contributed by atoms with Gasteiger partial charge in [0.2, 0.25) is 6.71 Å². The predicted molar refractivity (Wildman–Crippen MR) is 190 cm³/mol. The van der Waals surface area contributed by atoms with Gasteiger partial charge in [-0.25, -0.2) is 4.79 Å². The first kappa shape index (κ1) is 29.8. The van der Waals surface area contributed by atoms with Gasteiger partial charge in [0.05, 0.1) is 12.2 Å². The standard InChI is InChI=1S/C34H25BO3S.C6H6/c36-33-29-13-7-8-14-31(29)39-32-23-25(17-20-30(32)33)34(37)38-22-21-24-15-18-28(19-16-24)35(26-9-3-1-4-10-26)27-11-5-2-6-12-27;1-2-4-6-5-3-1/h1-20,23H,21-22H2;1-6H. The van der Waals surface area contributed by atoms with Crippen molar-refractivity contribution in [2.45, 2.75) is 6.42 Å². The van der Waals surface area contributed by atoms with Crippen LogP contribution in [-0.2, 0) is 11.2 Å². The van der Waals surface area contributed by atoms with Crippen LogP contribution in [0.1, 0.15) is 15.9 Å². The highest BCUT2D eigenvalue weighted by atomic mass is 32.1. The number of hydrogen-bond acceptors (Lipinski definition) is 4. The average Bonchev–Trinajstić information content (AvgIpc) is 3.11. The molecule has 6 aromatic carbocycles. The summed E-state index contributed by atoms with van der Waals surface area (Å²) in [6.45, 7) is 0.435. The highest BCUT2D eigenvalue weighted by Gasteiger charge is 2.21. The molecule has 7 rings (SSSR count). The van der Waals surface area contributed by atoms with Crippen molar-refractivity contribution in [3.05, 3.63) is 185 Å². The van der Waals surface area contributed by atoms with Gasteiger partial charge in [-0.3, -0.25) is 4.79 Å². The van der Waals surface area contributed by atoms with Gasteiger partial charge >= 0.3 is 5.97 Å². The number of fused-ring (bicyclic) bond motifs is 2. The zero-order valence-electron chi connectivity index (χ0n) is 24.7. The second-order valence-corrected chi connectivity index (χ2v) is 11.8. The Bertz CT molecular complexity index is 1990. The Morgan fingerprint density at radius 2 is 1.07 bits per heavy atom. The van der Waals surface area contributed by atoms with Gasteiger partial charge in [0.1, 0.15) is 0 Å². The Labute approximate surface area is 267 Å². The molecule has 0 saturated carbocycles. The third-order valence-corrected chi connectivity index (χ3v) is 8.82. The van der Waals surface area contributed by atoms with E-state index >= 15 is 0 Å². The molecule has 5 heteroatoms. The quantitative estimate of drug-likeness (QED) is 0.112. The fraction of sp³-hybridized carbons (Fsp3) is 0.0500. The molecule has 0 spiro atoms. The van der Waals surface area contributed by atoms with E-state index in [0.29, 0.717) is 22.8 Å². The van der Waals surface area contributed by atoms with Gasteiger partial charge in [0.25, 0.3) is 0 Å². The molecular formula is C40H31BO3S. The lowest BCUT2D eigenvalue weighted by Crippen LogP contribution is -2.51. The second-order valence-electron chi connectivity index (χ2n) is 10.7. The normalized spacial score (nSPS) is 10.6. The number of rotatable bonds is 7. The summed E-state index contributed by atoms with van der Waals surface area (Å²) >= 11 is 1.51. The second kappa shape index (κ2) is 14.5. The minimum atomic E-state index is -0.380. The molecule has 0 radical (unpaired) electrons. The molecule has 3 nitrogen and oxygen atoms in total. The highest BCUT2D eigenvalue weighted by molar-refractivity contribution is 7.24. The number of benzene rings is 6. The van der Waals surface area contributed by atoms with Crippen molar-refractivity contribution in [2.75, 3.05) is 6.61 Å². The summed E-state index contributed by atoms with van der Waals surface area (Å²) in [5, 5.41) is 1.33. The third kappa shape index (κ3) is 7.28. The van der Waals surface area contributed by atoms with Crippen molar-refractivity contribution in [3.63, 3.8) is 0 Å². The van der Waals surface area contributed by atoms with Crippen LogP contribution >= 0.6 is 11.3 Å². The molecule has 0 aliphatic carbocycles. The van der Waals surface area contributed by atoms with Crippen molar-refractivity contribution in [3.8, 4) is 0 Å². The van der Waals surface area contributed by atoms with Gasteiger partial charge in [-0.1, -0.05) is 150 Å². The van der Waals surface area contributed by atoms with E-state index in [4.69, 9.17) is 4.74 Å². The molecule has 1 aromatic heterocycles. The molecule has 0 fully saturated rings. The van der Waals surface area contributed by atoms with E-state index in [-0.39, 0.29) is 24.7 Å². The largest absolute Gasteiger partial charge is 0.462 e. The van der Waals surface area contributed by atoms with Crippen molar-refractivity contribution >= 4 is 60.6 Å². The topological polar surface area (TPSA) is 43.4 Å². The maximum absolute atomic E-state index is 12.8. The van der Waals surface area contributed by atoms with Crippen LogP contribution in [0.5, 0.6) is 0 Å². The Kier molecular flexibility index (Phi) is 9.59. The Balaban J connectivity index is 0.000000535. The average molecular weight is 603 g/mol. The minimum absolute atomic E-state index is 0.00974. The number of hydrogen-bond donors (Lipinski definition) is 0. The summed E-state index contributed by atoms with van der Waals surface area (Å²) in [5.74, 6) is -0.380. The van der Waals surface area contributed by atoms with E-state index in [1.165, 1.54) is 27.7 Å². The minimum Gasteiger partial charge on any atom is -0.462 e. The molecule has 1 heterocycles. The van der Waals surface area contributed by atoms with Crippen molar-refractivity contribution in [2.24, 2.45) is 0 Å². The van der Waals surface area contributed by atoms with E-state index in [0.717, 1.165) is 15.0 Å². The molecule has 7 aromatic rings. The SMILES string of the molecule is O=C(OCCc1ccc(B(c2ccccc2)c2ccccc2)cc1)c1ccc2c(=O)c3ccccc3sc2c1.c1ccccc1. The molecule has 0 aliphatic rings. The number of esters is 1. The first-order valence-electron chi connectivity index (χ1n) is 15.0. The number of carbonyl (C=O) groups is 1. The van der Waals surface area contributed by atoms with Gasteiger partial charge in [0.15, 0.2) is 5.43 Å². The lowest BCUT2D eigenvalue weighted by molar-refractivity contribution is 0.0509. The zero-order chi connectivity index (χ0) is 30.8. The van der Waals surface area contributed by atoms with E-state index in [1.54, 1.807) is 18.2 Å². The van der Waals surface area contributed by atoms with Gasteiger partial charge < -0.3 is 4.74 Å². The number of carbonyl (C=O) groups excluding carboxylic acids is 1. The summed E-state index contributed by atoms with van der Waals surface area (Å²) < 4.78 is 7.30. The van der Waals surface area contributed by atoms with E-state index < -0.39 is 0 Å². The summed E-state index contributed by atoms with van der Waals surface area (Å²) in [6.07, 6.45) is 0.624. The van der Waals surface area contributed by atoms with E-state index in [9.17, 15) is 9.59 Å². The molecule has 0 unspecified atom stereocenters. The van der Waals surface area contributed by atoms with Crippen LogP contribution in [-0.4, -0.2) is 19.3 Å². The molecule has 0 atom stereocenters. The zero-order valence-corrected chi connectivity index (χ0v) is 25.5. The molecule has 218 valence electrons. The monoisotopic (exact) mass is 602 g/mol. The predicted octanol–water partition coefficient (Wildman–Crippen LogP) is 7.02. The molecule has 0 aliphatic heterocycles. The smallest absolute Gasteiger partial charge is 0.338 e. The highest BCUT2D eigenvalue weighted by Crippen LogP contribution is 2.25. The first-order chi connectivity index (χ1) is 22.2. The van der Waals surface area contributed by atoms with Gasteiger partial charge in [0, 0.05) is 26.6 Å². The lowest BCUT2D eigenvalue weighted by atomic mass is 9.37. The van der Waals surface area contributed by atoms with Crippen molar-refractivity contribution in [1.82, 2.24) is 0 Å². The number of ether oxygens (including phenoxy) is 1. The molecule has 0 saturated heterocycles. The van der Waals surface area contributed by atoms with E-state index in [2.05, 4.69) is 72.8 Å². The lowest BCUT2D eigenvalue weighted by Gasteiger charge is -2.16. The van der Waals surface area contributed by atoms with Crippen LogP contribution in [0.4, 0.5) is 0 Å². The maximum atomic E-state index is 12.8. The van der Waals surface area contributed by atoms with Crippen LogP contribution < -0.4 is 21.8 Å². The van der Waals surface area contributed by atoms with Crippen LogP contribution in [0.25, 0.3) is 20.2 Å². The fourth-order valence-corrected chi connectivity index (χ4v) is 6.51. The molecule has 45 heavy (non-hydrogen) atoms. The third-order valence-electron chi connectivity index (χ3n) is 7.68. The molecule has 0 bridgehead atoms.